The lowest BCUT2D eigenvalue weighted by Crippen LogP contribution is -2.46. The van der Waals surface area contributed by atoms with Gasteiger partial charge in [0.25, 0.3) is 0 Å². The highest BCUT2D eigenvalue weighted by Gasteiger charge is 2.28. The highest BCUT2D eigenvalue weighted by atomic mass is 35.5. The lowest BCUT2D eigenvalue weighted by molar-refractivity contribution is -0.125. The number of hydrogen-bond donors (Lipinski definition) is 2. The van der Waals surface area contributed by atoms with E-state index in [0.717, 1.165) is 5.56 Å². The predicted octanol–water partition coefficient (Wildman–Crippen LogP) is 2.16. The largest absolute Gasteiger partial charge is 0.405 e. The summed E-state index contributed by atoms with van der Waals surface area (Å²) in [6.45, 7) is -1.30. The molecule has 0 saturated carbocycles. The van der Waals surface area contributed by atoms with Gasteiger partial charge < -0.3 is 5.32 Å². The molecular formula is C13H15ClF3N3O2. The average molecular weight is 338 g/mol. The number of rotatable bonds is 5. The Labute approximate surface area is 130 Å². The van der Waals surface area contributed by atoms with Gasteiger partial charge in [0.2, 0.25) is 5.91 Å². The topological polar surface area (TPSA) is 61.4 Å². The van der Waals surface area contributed by atoms with E-state index in [0.29, 0.717) is 11.6 Å². The van der Waals surface area contributed by atoms with Crippen LogP contribution in [-0.4, -0.2) is 43.2 Å². The van der Waals surface area contributed by atoms with Gasteiger partial charge in [-0.2, -0.15) is 13.2 Å². The molecule has 0 aliphatic rings. The predicted molar refractivity (Wildman–Crippen MR) is 75.4 cm³/mol. The molecule has 0 atom stereocenters. The fourth-order valence-electron chi connectivity index (χ4n) is 1.61. The zero-order valence-corrected chi connectivity index (χ0v) is 12.5. The number of carbonyl (C=O) groups excluding carboxylic acids is 2. The van der Waals surface area contributed by atoms with E-state index in [1.54, 1.807) is 41.5 Å². The number of nitrogens with one attached hydrogen (secondary N) is 2. The van der Waals surface area contributed by atoms with Gasteiger partial charge in [0, 0.05) is 11.6 Å². The van der Waals surface area contributed by atoms with Crippen LogP contribution in [0.2, 0.25) is 5.02 Å². The Morgan fingerprint density at radius 1 is 1.27 bits per heavy atom. The maximum Gasteiger partial charge on any atom is 0.405 e. The van der Waals surface area contributed by atoms with Gasteiger partial charge in [-0.25, -0.2) is 4.79 Å². The number of halogens is 4. The highest BCUT2D eigenvalue weighted by molar-refractivity contribution is 6.31. The standard InChI is InChI=1S/C13H15ClF3N3O2/c1-20(6-9-4-2-3-5-10(9)14)7-11(21)19-12(22)18-8-13(15,16)17/h2-5H,6-8H2,1H3,(H2,18,19,21,22). The van der Waals surface area contributed by atoms with Gasteiger partial charge in [0.1, 0.15) is 6.54 Å². The number of amides is 3. The SMILES string of the molecule is CN(CC(=O)NC(=O)NCC(F)(F)F)Cc1ccccc1Cl. The molecule has 2 N–H and O–H groups in total. The fourth-order valence-corrected chi connectivity index (χ4v) is 1.80. The lowest BCUT2D eigenvalue weighted by atomic mass is 10.2. The molecule has 0 aliphatic heterocycles. The van der Waals surface area contributed by atoms with Gasteiger partial charge >= 0.3 is 12.2 Å². The zero-order valence-electron chi connectivity index (χ0n) is 11.7. The van der Waals surface area contributed by atoms with Crippen LogP contribution < -0.4 is 10.6 Å². The van der Waals surface area contributed by atoms with E-state index in [9.17, 15) is 22.8 Å². The summed E-state index contributed by atoms with van der Waals surface area (Å²) in [5, 5.41) is 3.91. The lowest BCUT2D eigenvalue weighted by Gasteiger charge is -2.17. The zero-order chi connectivity index (χ0) is 16.8. The Morgan fingerprint density at radius 3 is 2.50 bits per heavy atom. The van der Waals surface area contributed by atoms with Gasteiger partial charge in [-0.15, -0.1) is 0 Å². The molecule has 1 aromatic rings. The molecule has 5 nitrogen and oxygen atoms in total. The van der Waals surface area contributed by atoms with Crippen molar-refractivity contribution in [2.45, 2.75) is 12.7 Å². The fraction of sp³-hybridized carbons (Fsp3) is 0.385. The Morgan fingerprint density at radius 2 is 1.91 bits per heavy atom. The Kier molecular flexibility index (Phi) is 6.63. The van der Waals surface area contributed by atoms with Crippen LogP contribution >= 0.6 is 11.6 Å². The maximum absolute atomic E-state index is 11.9. The van der Waals surface area contributed by atoms with Crippen LogP contribution in [0.25, 0.3) is 0 Å². The Hall–Kier alpha value is -1.80. The van der Waals surface area contributed by atoms with Crippen LogP contribution in [0.15, 0.2) is 24.3 Å². The number of likely N-dealkylation sites (N-methyl/N-ethyl adjacent to an activating group) is 1. The van der Waals surface area contributed by atoms with Crippen LogP contribution in [0, 0.1) is 0 Å². The molecule has 0 heterocycles. The molecule has 0 fully saturated rings. The van der Waals surface area contributed by atoms with Crippen LogP contribution in [0.4, 0.5) is 18.0 Å². The minimum absolute atomic E-state index is 0.162. The first kappa shape index (κ1) is 18.2. The first-order chi connectivity index (χ1) is 10.2. The van der Waals surface area contributed by atoms with Crippen molar-refractivity contribution in [1.82, 2.24) is 15.5 Å². The second-order valence-corrected chi connectivity index (χ2v) is 5.02. The molecule has 0 unspecified atom stereocenters. The monoisotopic (exact) mass is 337 g/mol. The van der Waals surface area contributed by atoms with Crippen LogP contribution in [0.1, 0.15) is 5.56 Å². The summed E-state index contributed by atoms with van der Waals surface area (Å²) < 4.78 is 35.7. The summed E-state index contributed by atoms with van der Waals surface area (Å²) in [5.41, 5.74) is 0.793. The van der Waals surface area contributed by atoms with Crippen LogP contribution in [0.3, 0.4) is 0 Å². The van der Waals surface area contributed by atoms with Gasteiger partial charge in [0.15, 0.2) is 0 Å². The molecule has 0 aromatic heterocycles. The van der Waals surface area contributed by atoms with Crippen molar-refractivity contribution in [3.63, 3.8) is 0 Å². The van der Waals surface area contributed by atoms with Crippen LogP contribution in [-0.2, 0) is 11.3 Å². The first-order valence-electron chi connectivity index (χ1n) is 6.24. The number of hydrogen-bond acceptors (Lipinski definition) is 3. The van der Waals surface area contributed by atoms with E-state index in [1.165, 1.54) is 0 Å². The normalized spacial score (nSPS) is 11.4. The van der Waals surface area contributed by atoms with Crippen molar-refractivity contribution in [1.29, 1.82) is 0 Å². The molecule has 122 valence electrons. The number of nitrogens with zero attached hydrogens (tertiary/aromatic N) is 1. The molecular weight excluding hydrogens is 323 g/mol. The van der Waals surface area contributed by atoms with E-state index in [4.69, 9.17) is 11.6 Å². The van der Waals surface area contributed by atoms with Crippen molar-refractivity contribution in [3.8, 4) is 0 Å². The summed E-state index contributed by atoms with van der Waals surface area (Å²) in [5.74, 6) is -0.714. The molecule has 1 rings (SSSR count). The third kappa shape index (κ3) is 7.28. The summed E-state index contributed by atoms with van der Waals surface area (Å²) >= 11 is 5.98. The second kappa shape index (κ2) is 8.00. The van der Waals surface area contributed by atoms with Gasteiger partial charge in [-0.1, -0.05) is 29.8 Å². The van der Waals surface area contributed by atoms with Gasteiger partial charge in [-0.05, 0) is 18.7 Å². The van der Waals surface area contributed by atoms with E-state index in [1.807, 2.05) is 5.32 Å². The number of benzene rings is 1. The van der Waals surface area contributed by atoms with Crippen molar-refractivity contribution in [3.05, 3.63) is 34.9 Å². The van der Waals surface area contributed by atoms with E-state index in [2.05, 4.69) is 0 Å². The van der Waals surface area contributed by atoms with E-state index >= 15 is 0 Å². The van der Waals surface area contributed by atoms with Crippen molar-refractivity contribution in [2.24, 2.45) is 0 Å². The molecule has 9 heteroatoms. The summed E-state index contributed by atoms with van der Waals surface area (Å²) in [7, 11) is 1.62. The molecule has 0 radical (unpaired) electrons. The maximum atomic E-state index is 11.9. The molecule has 22 heavy (non-hydrogen) atoms. The number of carbonyl (C=O) groups is 2. The van der Waals surface area contributed by atoms with Gasteiger partial charge in [0.05, 0.1) is 6.54 Å². The quantitative estimate of drug-likeness (QED) is 0.865. The Bertz CT molecular complexity index is 538. The number of urea groups is 1. The van der Waals surface area contributed by atoms with E-state index in [-0.39, 0.29) is 6.54 Å². The smallest absolute Gasteiger partial charge is 0.329 e. The molecule has 3 amide bonds. The summed E-state index contributed by atoms with van der Waals surface area (Å²) in [6.07, 6.45) is -4.53. The molecule has 0 spiro atoms. The van der Waals surface area contributed by atoms with Crippen molar-refractivity contribution in [2.75, 3.05) is 20.1 Å². The summed E-state index contributed by atoms with van der Waals surface area (Å²) in [6, 6.07) is 5.86. The highest BCUT2D eigenvalue weighted by Crippen LogP contribution is 2.16. The van der Waals surface area contributed by atoms with Crippen molar-refractivity contribution < 1.29 is 22.8 Å². The Balaban J connectivity index is 2.38. The second-order valence-electron chi connectivity index (χ2n) is 4.61. The van der Waals surface area contributed by atoms with Gasteiger partial charge in [-0.3, -0.25) is 15.0 Å². The molecule has 0 bridgehead atoms. The van der Waals surface area contributed by atoms with E-state index < -0.39 is 24.7 Å². The first-order valence-corrected chi connectivity index (χ1v) is 6.61. The number of imide groups is 1. The minimum atomic E-state index is -4.53. The average Bonchev–Trinajstić information content (AvgIpc) is 2.38. The van der Waals surface area contributed by atoms with Crippen LogP contribution in [0.5, 0.6) is 0 Å². The minimum Gasteiger partial charge on any atom is -0.329 e. The molecule has 0 aliphatic carbocycles. The summed E-state index contributed by atoms with van der Waals surface area (Å²) in [4.78, 5) is 24.2. The molecule has 0 saturated heterocycles. The number of alkyl halides is 3. The molecule has 1 aromatic carbocycles. The van der Waals surface area contributed by atoms with Crippen molar-refractivity contribution >= 4 is 23.5 Å². The third-order valence-corrected chi connectivity index (χ3v) is 2.88. The third-order valence-electron chi connectivity index (χ3n) is 2.51.